The number of nitrogens with zero attached hydrogens (tertiary/aromatic N) is 6. The first-order valence-electron chi connectivity index (χ1n) is 17.4. The molecule has 2 fully saturated rings. The van der Waals surface area contributed by atoms with Gasteiger partial charge in [-0.25, -0.2) is 19.3 Å². The van der Waals surface area contributed by atoms with E-state index in [2.05, 4.69) is 47.6 Å². The lowest BCUT2D eigenvalue weighted by Gasteiger charge is -2.28. The van der Waals surface area contributed by atoms with Crippen molar-refractivity contribution in [2.24, 2.45) is 11.3 Å². The van der Waals surface area contributed by atoms with Crippen LogP contribution in [-0.2, 0) is 27.3 Å². The van der Waals surface area contributed by atoms with E-state index >= 15 is 0 Å². The second-order valence-corrected chi connectivity index (χ2v) is 15.0. The van der Waals surface area contributed by atoms with Gasteiger partial charge < -0.3 is 15.5 Å². The maximum Gasteiger partial charge on any atom is 0.248 e. The molecule has 4 aromatic rings. The normalized spacial score (nSPS) is 23.8. The Morgan fingerprint density at radius 2 is 1.76 bits per heavy atom. The summed E-state index contributed by atoms with van der Waals surface area (Å²) < 4.78 is 15.7. The van der Waals surface area contributed by atoms with Crippen molar-refractivity contribution in [1.82, 2.24) is 34.9 Å². The molecule has 51 heavy (non-hydrogen) atoms. The van der Waals surface area contributed by atoms with Crippen LogP contribution in [0.3, 0.4) is 0 Å². The van der Waals surface area contributed by atoms with E-state index < -0.39 is 23.2 Å². The van der Waals surface area contributed by atoms with Gasteiger partial charge in [-0.05, 0) is 96.3 Å². The van der Waals surface area contributed by atoms with Crippen molar-refractivity contribution in [2.45, 2.75) is 91.3 Å². The lowest BCUT2D eigenvalue weighted by molar-refractivity contribution is -0.139. The topological polar surface area (TPSA) is 152 Å². The smallest absolute Gasteiger partial charge is 0.248 e. The first-order valence-corrected chi connectivity index (χ1v) is 18.2. The number of benzene rings is 1. The van der Waals surface area contributed by atoms with Crippen molar-refractivity contribution in [2.75, 3.05) is 11.9 Å². The minimum absolute atomic E-state index is 0.0292. The van der Waals surface area contributed by atoms with Gasteiger partial charge in [0.05, 0.1) is 5.52 Å². The number of carbonyl (C=O) groups is 4. The molecule has 5 heterocycles. The number of ketones is 1. The van der Waals surface area contributed by atoms with Crippen LogP contribution < -0.4 is 10.6 Å². The van der Waals surface area contributed by atoms with Crippen LogP contribution in [0.4, 0.5) is 10.2 Å². The molecule has 4 atom stereocenters. The first-order chi connectivity index (χ1) is 24.4. The monoisotopic (exact) mass is 758 g/mol. The lowest BCUT2D eigenvalue weighted by Crippen LogP contribution is -2.47. The Morgan fingerprint density at radius 3 is 2.49 bits per heavy atom. The number of hydrogen-bond acceptors (Lipinski definition) is 8. The third-order valence-corrected chi connectivity index (χ3v) is 11.5. The van der Waals surface area contributed by atoms with Crippen molar-refractivity contribution < 1.29 is 23.6 Å². The van der Waals surface area contributed by atoms with Crippen LogP contribution in [-0.4, -0.2) is 71.8 Å². The highest BCUT2D eigenvalue weighted by Gasteiger charge is 2.72. The second-order valence-electron chi connectivity index (χ2n) is 14.2. The quantitative estimate of drug-likeness (QED) is 0.205. The summed E-state index contributed by atoms with van der Waals surface area (Å²) in [7, 11) is 0. The van der Waals surface area contributed by atoms with E-state index in [0.717, 1.165) is 42.4 Å². The zero-order valence-electron chi connectivity index (χ0n) is 29.1. The van der Waals surface area contributed by atoms with Crippen LogP contribution in [0.1, 0.15) is 79.8 Å². The largest absolute Gasteiger partial charge is 0.355 e. The molecule has 2 bridgehead atoms. The Bertz CT molecular complexity index is 2080. The third kappa shape index (κ3) is 6.42. The third-order valence-electron chi connectivity index (χ3n) is 10.9. The van der Waals surface area contributed by atoms with Crippen LogP contribution in [0.2, 0.25) is 0 Å². The Morgan fingerprint density at radius 1 is 1.04 bits per heavy atom. The highest BCUT2D eigenvalue weighted by Crippen LogP contribution is 2.64. The molecule has 266 valence electrons. The first kappa shape index (κ1) is 34.8. The molecule has 2 aliphatic heterocycles. The molecular weight excluding hydrogens is 719 g/mol. The van der Waals surface area contributed by atoms with Gasteiger partial charge in [0.1, 0.15) is 34.5 Å². The molecule has 3 aromatic heterocycles. The Labute approximate surface area is 303 Å². The molecule has 3 amide bonds. The number of hydrogen-bond donors (Lipinski definition) is 2. The number of halogens is 2. The van der Waals surface area contributed by atoms with E-state index in [4.69, 9.17) is 5.10 Å². The number of rotatable bonds is 4. The number of nitrogens with one attached hydrogen (secondary N) is 2. The van der Waals surface area contributed by atoms with E-state index in [1.54, 1.807) is 28.9 Å². The number of aromatic nitrogens is 5. The Hall–Kier alpha value is -4.59. The van der Waals surface area contributed by atoms with Gasteiger partial charge >= 0.3 is 0 Å². The number of Topliss-reactive ketones (excluding diaryl/α,β-unsaturated/α-hetero) is 1. The van der Waals surface area contributed by atoms with E-state index in [1.165, 1.54) is 13.0 Å². The fraction of sp³-hybridized carbons (Fsp3) is 0.459. The summed E-state index contributed by atoms with van der Waals surface area (Å²) in [5, 5.41) is 11.3. The van der Waals surface area contributed by atoms with Gasteiger partial charge in [-0.2, -0.15) is 5.10 Å². The molecule has 1 saturated heterocycles. The predicted octanol–water partition coefficient (Wildman–Crippen LogP) is 5.48. The van der Waals surface area contributed by atoms with Crippen molar-refractivity contribution in [3.05, 3.63) is 63.7 Å². The SMILES string of the molecule is CC(=O)c1nn2c3c(cc(-c4cnc(C)nc4)cc13)CCCCCCC(=O)NC[C@@]13C[C@@H](C(=O)Nc4nc(Br)c(F)cc4C)N(C(=O)C2)C1[C@@H]3C. The van der Waals surface area contributed by atoms with Crippen LogP contribution in [0.5, 0.6) is 0 Å². The Balaban J connectivity index is 1.30. The van der Waals surface area contributed by atoms with Gasteiger partial charge in [0, 0.05) is 54.7 Å². The predicted molar refractivity (Wildman–Crippen MR) is 191 cm³/mol. The number of pyridine rings is 1. The average Bonchev–Trinajstić information content (AvgIpc) is 3.35. The van der Waals surface area contributed by atoms with Gasteiger partial charge in [-0.3, -0.25) is 23.9 Å². The molecule has 1 aromatic carbocycles. The summed E-state index contributed by atoms with van der Waals surface area (Å²) in [4.78, 5) is 69.1. The minimum atomic E-state index is -0.874. The molecule has 14 heteroatoms. The van der Waals surface area contributed by atoms with Gasteiger partial charge in [-0.15, -0.1) is 0 Å². The minimum Gasteiger partial charge on any atom is -0.355 e. The van der Waals surface area contributed by atoms with Crippen LogP contribution in [0.25, 0.3) is 22.0 Å². The number of piperidine rings is 1. The molecule has 2 N–H and O–H groups in total. The fourth-order valence-electron chi connectivity index (χ4n) is 8.11. The van der Waals surface area contributed by atoms with E-state index in [0.29, 0.717) is 48.1 Å². The molecule has 12 nitrogen and oxygen atoms in total. The highest BCUT2D eigenvalue weighted by atomic mass is 79.9. The van der Waals surface area contributed by atoms with E-state index in [9.17, 15) is 23.6 Å². The van der Waals surface area contributed by atoms with Crippen molar-refractivity contribution >= 4 is 56.2 Å². The van der Waals surface area contributed by atoms with Crippen molar-refractivity contribution in [3.63, 3.8) is 0 Å². The fourth-order valence-corrected chi connectivity index (χ4v) is 8.40. The summed E-state index contributed by atoms with van der Waals surface area (Å²) in [5.74, 6) is -0.730. The van der Waals surface area contributed by atoms with E-state index in [1.807, 2.05) is 19.9 Å². The zero-order valence-corrected chi connectivity index (χ0v) is 30.6. The van der Waals surface area contributed by atoms with Crippen molar-refractivity contribution in [3.8, 4) is 11.1 Å². The standard InChI is InChI=1S/C37H40BrFN8O4/c1-19-11-27(39)34(38)43-35(19)44-36(51)28-14-37-18-42-29(49)10-8-6-5-7-9-23-12-24(25-15-40-22(4)41-16-25)13-26-31(21(3)48)45-46(32(23)26)17-30(50)47(28)33(37)20(37)2/h11-13,15-16,20,28,33H,5-10,14,17-18H2,1-4H3,(H,42,49)(H,43,44,51)/t20-,28-,33?,37+/m0/s1. The van der Waals surface area contributed by atoms with Crippen LogP contribution >= 0.6 is 15.9 Å². The van der Waals surface area contributed by atoms with Gasteiger partial charge in [0.2, 0.25) is 17.7 Å². The molecule has 1 saturated carbocycles. The van der Waals surface area contributed by atoms with Crippen LogP contribution in [0, 0.1) is 31.0 Å². The van der Waals surface area contributed by atoms with Crippen LogP contribution in [0.15, 0.2) is 35.2 Å². The summed E-state index contributed by atoms with van der Waals surface area (Å²) in [6.07, 6.45) is 8.28. The zero-order chi connectivity index (χ0) is 36.2. The summed E-state index contributed by atoms with van der Waals surface area (Å²) >= 11 is 3.10. The molecular formula is C37H40BrFN8O4. The number of amides is 3. The molecule has 3 aliphatic rings. The van der Waals surface area contributed by atoms with Crippen molar-refractivity contribution in [1.29, 1.82) is 0 Å². The van der Waals surface area contributed by atoms with Gasteiger partial charge in [0.25, 0.3) is 0 Å². The molecule has 1 aliphatic carbocycles. The van der Waals surface area contributed by atoms with E-state index in [-0.39, 0.29) is 52.2 Å². The highest BCUT2D eigenvalue weighted by molar-refractivity contribution is 9.10. The number of anilines is 1. The number of carbonyl (C=O) groups excluding carboxylic acids is 4. The molecule has 1 unspecified atom stereocenters. The van der Waals surface area contributed by atoms with Gasteiger partial charge in [0.15, 0.2) is 11.6 Å². The lowest BCUT2D eigenvalue weighted by atomic mass is 9.95. The Kier molecular flexibility index (Phi) is 9.23. The molecule has 0 radical (unpaired) electrons. The molecule has 0 spiro atoms. The summed E-state index contributed by atoms with van der Waals surface area (Å²) in [6.45, 7) is 7.12. The number of aryl methyl sites for hydroxylation is 3. The summed E-state index contributed by atoms with van der Waals surface area (Å²) in [5.41, 5.74) is 3.50. The average molecular weight is 760 g/mol. The maximum absolute atomic E-state index is 14.6. The van der Waals surface area contributed by atoms with Gasteiger partial charge in [-0.1, -0.05) is 19.8 Å². The second kappa shape index (κ2) is 13.5. The maximum atomic E-state index is 14.6. The summed E-state index contributed by atoms with van der Waals surface area (Å²) in [6, 6.07) is 4.07. The molecule has 7 rings (SSSR count).